The molecule has 1 atom stereocenters. The Labute approximate surface area is 194 Å². The Hall–Kier alpha value is -3.19. The number of aromatic amines is 1. The van der Waals surface area contributed by atoms with Crippen LogP contribution >= 0.6 is 0 Å². The molecule has 1 aliphatic carbocycles. The number of anilines is 1. The van der Waals surface area contributed by atoms with E-state index in [2.05, 4.69) is 50.7 Å². The number of rotatable bonds is 5. The lowest BCUT2D eigenvalue weighted by Crippen LogP contribution is -2.62. The maximum atomic E-state index is 13.0. The summed E-state index contributed by atoms with van der Waals surface area (Å²) in [6, 6.07) is 18.5. The molecule has 3 fully saturated rings. The van der Waals surface area contributed by atoms with Crippen LogP contribution in [0, 0.1) is 12.3 Å². The van der Waals surface area contributed by atoms with Gasteiger partial charge in [-0.05, 0) is 37.0 Å². The van der Waals surface area contributed by atoms with Gasteiger partial charge in [0.2, 0.25) is 0 Å². The predicted molar refractivity (Wildman–Crippen MR) is 127 cm³/mol. The minimum absolute atomic E-state index is 0.0121. The Morgan fingerprint density at radius 2 is 1.85 bits per heavy atom. The molecule has 1 unspecified atom stereocenters. The van der Waals surface area contributed by atoms with Gasteiger partial charge in [0.1, 0.15) is 5.82 Å². The van der Waals surface area contributed by atoms with E-state index in [0.29, 0.717) is 5.92 Å². The van der Waals surface area contributed by atoms with Crippen LogP contribution in [-0.2, 0) is 6.54 Å². The second kappa shape index (κ2) is 7.99. The number of amides is 2. The van der Waals surface area contributed by atoms with Crippen molar-refractivity contribution < 1.29 is 4.79 Å². The first-order chi connectivity index (χ1) is 16.1. The molecule has 7 nitrogen and oxygen atoms in total. The Kier molecular flexibility index (Phi) is 4.94. The summed E-state index contributed by atoms with van der Waals surface area (Å²) >= 11 is 0. The second-order valence-corrected chi connectivity index (χ2v) is 10.0. The lowest BCUT2D eigenvalue weighted by molar-refractivity contribution is 0.0301. The maximum absolute atomic E-state index is 13.0. The number of aromatic nitrogens is 3. The zero-order valence-corrected chi connectivity index (χ0v) is 19.0. The lowest BCUT2D eigenvalue weighted by Gasteiger charge is -2.50. The van der Waals surface area contributed by atoms with Crippen molar-refractivity contribution in [2.24, 2.45) is 5.41 Å². The van der Waals surface area contributed by atoms with Gasteiger partial charge in [-0.3, -0.25) is 10.00 Å². The average molecular weight is 443 g/mol. The van der Waals surface area contributed by atoms with Gasteiger partial charge in [0, 0.05) is 55.7 Å². The molecule has 0 bridgehead atoms. The zero-order chi connectivity index (χ0) is 22.4. The van der Waals surface area contributed by atoms with Crippen LogP contribution in [0.4, 0.5) is 10.5 Å². The summed E-state index contributed by atoms with van der Waals surface area (Å²) in [6.07, 6.45) is 2.39. The predicted octanol–water partition coefficient (Wildman–Crippen LogP) is 4.12. The number of likely N-dealkylation sites (tertiary alicyclic amines) is 2. The summed E-state index contributed by atoms with van der Waals surface area (Å²) in [7, 11) is 0. The molecule has 170 valence electrons. The monoisotopic (exact) mass is 442 g/mol. The van der Waals surface area contributed by atoms with Gasteiger partial charge in [-0.25, -0.2) is 9.78 Å². The summed E-state index contributed by atoms with van der Waals surface area (Å²) in [5.74, 6) is 2.75. The number of nitrogens with zero attached hydrogens (tertiary/aromatic N) is 4. The summed E-state index contributed by atoms with van der Waals surface area (Å²) < 4.78 is 0. The highest BCUT2D eigenvalue weighted by atomic mass is 16.2. The molecule has 3 aromatic rings. The smallest absolute Gasteiger partial charge is 0.321 e. The highest BCUT2D eigenvalue weighted by Gasteiger charge is 2.57. The molecule has 1 spiro atoms. The molecular weight excluding hydrogens is 412 g/mol. The summed E-state index contributed by atoms with van der Waals surface area (Å²) in [6.45, 7) is 6.29. The van der Waals surface area contributed by atoms with E-state index in [0.717, 1.165) is 55.6 Å². The van der Waals surface area contributed by atoms with Crippen molar-refractivity contribution in [1.29, 1.82) is 0 Å². The first-order valence-corrected chi connectivity index (χ1v) is 11.9. The molecule has 1 saturated carbocycles. The number of para-hydroxylation sites is 1. The third kappa shape index (κ3) is 3.91. The third-order valence-corrected chi connectivity index (χ3v) is 7.45. The Balaban J connectivity index is 1.19. The van der Waals surface area contributed by atoms with Crippen molar-refractivity contribution in [3.05, 3.63) is 77.4 Å². The van der Waals surface area contributed by atoms with E-state index in [9.17, 15) is 4.79 Å². The fourth-order valence-electron chi connectivity index (χ4n) is 5.46. The molecule has 33 heavy (non-hydrogen) atoms. The number of carbonyl (C=O) groups excluding carboxylic acids is 1. The molecule has 3 heterocycles. The van der Waals surface area contributed by atoms with E-state index in [1.807, 2.05) is 36.1 Å². The molecular formula is C26H30N6O. The number of urea groups is 1. The lowest BCUT2D eigenvalue weighted by atomic mass is 9.71. The van der Waals surface area contributed by atoms with Crippen molar-refractivity contribution >= 4 is 11.7 Å². The van der Waals surface area contributed by atoms with E-state index in [1.165, 1.54) is 18.4 Å². The Bertz CT molecular complexity index is 1150. The van der Waals surface area contributed by atoms with Crippen molar-refractivity contribution in [2.75, 3.05) is 31.5 Å². The minimum atomic E-state index is -0.0218. The number of nitrogens with one attached hydrogen (secondary N) is 2. The van der Waals surface area contributed by atoms with E-state index < -0.39 is 0 Å². The van der Waals surface area contributed by atoms with Gasteiger partial charge in [0.25, 0.3) is 0 Å². The molecule has 3 aliphatic rings. The van der Waals surface area contributed by atoms with Crippen molar-refractivity contribution in [1.82, 2.24) is 25.0 Å². The molecule has 6 rings (SSSR count). The number of hydrogen-bond donors (Lipinski definition) is 2. The molecule has 0 radical (unpaired) electrons. The fraction of sp³-hybridized carbons (Fsp3) is 0.423. The van der Waals surface area contributed by atoms with E-state index in [-0.39, 0.29) is 17.4 Å². The summed E-state index contributed by atoms with van der Waals surface area (Å²) in [5, 5.41) is 10.9. The van der Waals surface area contributed by atoms with E-state index >= 15 is 0 Å². The van der Waals surface area contributed by atoms with Crippen LogP contribution in [0.15, 0.2) is 54.6 Å². The van der Waals surface area contributed by atoms with Crippen LogP contribution in [-0.4, -0.2) is 57.2 Å². The number of H-pyrrole nitrogens is 1. The molecule has 7 heteroatoms. The topological polar surface area (TPSA) is 77.2 Å². The van der Waals surface area contributed by atoms with Crippen molar-refractivity contribution in [3.63, 3.8) is 0 Å². The fourth-order valence-corrected chi connectivity index (χ4v) is 5.46. The first kappa shape index (κ1) is 20.4. The molecule has 2 amide bonds. The maximum Gasteiger partial charge on any atom is 0.321 e. The van der Waals surface area contributed by atoms with Gasteiger partial charge in [-0.1, -0.05) is 48.5 Å². The highest BCUT2D eigenvalue weighted by molar-refractivity contribution is 5.90. The van der Waals surface area contributed by atoms with Crippen LogP contribution in [0.2, 0.25) is 0 Å². The van der Waals surface area contributed by atoms with Crippen molar-refractivity contribution in [3.8, 4) is 0 Å². The van der Waals surface area contributed by atoms with Crippen molar-refractivity contribution in [2.45, 2.75) is 38.1 Å². The van der Waals surface area contributed by atoms with Crippen LogP contribution in [0.25, 0.3) is 0 Å². The summed E-state index contributed by atoms with van der Waals surface area (Å²) in [4.78, 5) is 22.3. The first-order valence-electron chi connectivity index (χ1n) is 11.9. The second-order valence-electron chi connectivity index (χ2n) is 10.0. The number of benzene rings is 2. The van der Waals surface area contributed by atoms with Crippen LogP contribution < -0.4 is 5.32 Å². The number of hydrogen-bond acceptors (Lipinski definition) is 4. The Morgan fingerprint density at radius 3 is 2.61 bits per heavy atom. The Morgan fingerprint density at radius 1 is 1.09 bits per heavy atom. The quantitative estimate of drug-likeness (QED) is 0.623. The molecule has 2 N–H and O–H groups in total. The van der Waals surface area contributed by atoms with E-state index in [4.69, 9.17) is 4.98 Å². The normalized spacial score (nSPS) is 21.8. The van der Waals surface area contributed by atoms with Gasteiger partial charge in [-0.15, -0.1) is 0 Å². The van der Waals surface area contributed by atoms with Crippen LogP contribution in [0.3, 0.4) is 0 Å². The van der Waals surface area contributed by atoms with Gasteiger partial charge in [0.15, 0.2) is 5.82 Å². The van der Waals surface area contributed by atoms with Gasteiger partial charge in [-0.2, -0.15) is 5.10 Å². The van der Waals surface area contributed by atoms with Gasteiger partial charge in [0.05, 0.1) is 0 Å². The highest BCUT2D eigenvalue weighted by Crippen LogP contribution is 2.49. The van der Waals surface area contributed by atoms with Gasteiger partial charge < -0.3 is 10.2 Å². The molecule has 2 aliphatic heterocycles. The SMILES string of the molecule is Cc1ccccc1NC(=O)N1CC2(CN(Cc3ccccc3)CC2c2nc(C3CC3)n[nH]2)C1. The van der Waals surface area contributed by atoms with Crippen LogP contribution in [0.5, 0.6) is 0 Å². The third-order valence-electron chi connectivity index (χ3n) is 7.45. The largest absolute Gasteiger partial charge is 0.323 e. The van der Waals surface area contributed by atoms with Gasteiger partial charge >= 0.3 is 6.03 Å². The summed E-state index contributed by atoms with van der Waals surface area (Å²) in [5.41, 5.74) is 3.28. The number of carbonyl (C=O) groups is 1. The molecule has 1 aromatic heterocycles. The molecule has 2 saturated heterocycles. The standard InChI is InChI=1S/C26H30N6O/c1-18-7-5-6-10-22(18)27-25(33)32-16-26(17-32)15-31(13-19-8-3-2-4-9-19)14-21(26)24-28-23(29-30-24)20-11-12-20/h2-10,20-21H,11-17H2,1H3,(H,27,33)(H,28,29,30). The number of aryl methyl sites for hydroxylation is 1. The zero-order valence-electron chi connectivity index (χ0n) is 19.0. The minimum Gasteiger partial charge on any atom is -0.323 e. The van der Waals surface area contributed by atoms with E-state index in [1.54, 1.807) is 0 Å². The molecule has 2 aromatic carbocycles. The van der Waals surface area contributed by atoms with Crippen LogP contribution in [0.1, 0.15) is 47.5 Å². The average Bonchev–Trinajstić information content (AvgIpc) is 3.40.